The van der Waals surface area contributed by atoms with E-state index in [1.54, 1.807) is 0 Å². The lowest BCUT2D eigenvalue weighted by Crippen LogP contribution is -2.45. The van der Waals surface area contributed by atoms with Gasteiger partial charge in [0.15, 0.2) is 0 Å². The summed E-state index contributed by atoms with van der Waals surface area (Å²) in [7, 11) is 0. The number of hydrogen-bond acceptors (Lipinski definition) is 2. The first-order chi connectivity index (χ1) is 9.70. The molecular weight excluding hydrogens is 286 g/mol. The quantitative estimate of drug-likeness (QED) is 0.831. The Labute approximate surface area is 130 Å². The summed E-state index contributed by atoms with van der Waals surface area (Å²) in [4.78, 5) is 1.47. The summed E-state index contributed by atoms with van der Waals surface area (Å²) in [5, 5.41) is 6.73. The number of thiophene rings is 1. The van der Waals surface area contributed by atoms with E-state index in [0.717, 1.165) is 11.4 Å². The number of halogens is 1. The van der Waals surface area contributed by atoms with Crippen molar-refractivity contribution in [3.63, 3.8) is 0 Å². The Hall–Kier alpha value is -0.830. The zero-order chi connectivity index (χ0) is 13.9. The van der Waals surface area contributed by atoms with Crippen LogP contribution in [0.2, 0.25) is 5.02 Å². The molecule has 0 amide bonds. The van der Waals surface area contributed by atoms with Crippen molar-refractivity contribution in [1.29, 1.82) is 0 Å². The van der Waals surface area contributed by atoms with E-state index in [4.69, 9.17) is 11.6 Å². The Bertz CT molecular complexity index is 529. The van der Waals surface area contributed by atoms with Crippen LogP contribution < -0.4 is 5.32 Å². The molecule has 1 heterocycles. The second kappa shape index (κ2) is 6.30. The molecule has 1 aromatic heterocycles. The average Bonchev–Trinajstić information content (AvgIpc) is 2.87. The van der Waals surface area contributed by atoms with Crippen LogP contribution >= 0.6 is 22.9 Å². The van der Waals surface area contributed by atoms with Crippen molar-refractivity contribution in [2.45, 2.75) is 44.2 Å². The van der Waals surface area contributed by atoms with Gasteiger partial charge in [-0.05, 0) is 61.2 Å². The van der Waals surface area contributed by atoms with E-state index in [9.17, 15) is 0 Å². The molecule has 1 aromatic carbocycles. The van der Waals surface area contributed by atoms with E-state index in [2.05, 4.69) is 41.9 Å². The molecule has 1 N–H and O–H groups in total. The molecule has 2 aromatic rings. The summed E-state index contributed by atoms with van der Waals surface area (Å²) >= 11 is 7.78. The Balaban J connectivity index is 1.45. The zero-order valence-corrected chi connectivity index (χ0v) is 13.3. The Morgan fingerprint density at radius 3 is 2.65 bits per heavy atom. The molecule has 0 saturated heterocycles. The second-order valence-electron chi connectivity index (χ2n) is 5.77. The standard InChI is InChI=1S/C17H20ClNS/c1-12(9-17-3-2-8-20-17)19-16-10-14(11-16)13-4-6-15(18)7-5-13/h2-8,12,14,16,19H,9-11H2,1H3. The monoisotopic (exact) mass is 305 g/mol. The zero-order valence-electron chi connectivity index (χ0n) is 11.7. The summed E-state index contributed by atoms with van der Waals surface area (Å²) in [6.45, 7) is 2.29. The van der Waals surface area contributed by atoms with Crippen molar-refractivity contribution in [3.05, 3.63) is 57.2 Å². The highest BCUT2D eigenvalue weighted by Gasteiger charge is 2.30. The average molecular weight is 306 g/mol. The van der Waals surface area contributed by atoms with Crippen LogP contribution in [0.5, 0.6) is 0 Å². The number of nitrogens with one attached hydrogen (secondary N) is 1. The first-order valence-corrected chi connectivity index (χ1v) is 8.50. The largest absolute Gasteiger partial charge is 0.311 e. The van der Waals surface area contributed by atoms with Gasteiger partial charge in [-0.3, -0.25) is 0 Å². The minimum absolute atomic E-state index is 0.560. The van der Waals surface area contributed by atoms with Crippen LogP contribution in [0.3, 0.4) is 0 Å². The van der Waals surface area contributed by atoms with Gasteiger partial charge in [0.2, 0.25) is 0 Å². The van der Waals surface area contributed by atoms with E-state index < -0.39 is 0 Å². The molecule has 20 heavy (non-hydrogen) atoms. The third-order valence-electron chi connectivity index (χ3n) is 4.09. The Morgan fingerprint density at radius 2 is 2.00 bits per heavy atom. The molecule has 0 spiro atoms. The van der Waals surface area contributed by atoms with Gasteiger partial charge in [-0.2, -0.15) is 0 Å². The van der Waals surface area contributed by atoms with Gasteiger partial charge in [0, 0.05) is 22.0 Å². The second-order valence-corrected chi connectivity index (χ2v) is 7.24. The SMILES string of the molecule is CC(Cc1cccs1)NC1CC(c2ccc(Cl)cc2)C1. The normalized spacial score (nSPS) is 23.3. The summed E-state index contributed by atoms with van der Waals surface area (Å²) in [5.74, 6) is 0.707. The first kappa shape index (κ1) is 14.1. The topological polar surface area (TPSA) is 12.0 Å². The molecular formula is C17H20ClNS. The maximum absolute atomic E-state index is 5.93. The lowest BCUT2D eigenvalue weighted by Gasteiger charge is -2.38. The predicted molar refractivity (Wildman–Crippen MR) is 87.8 cm³/mol. The Kier molecular flexibility index (Phi) is 4.45. The molecule has 1 fully saturated rings. The van der Waals surface area contributed by atoms with Crippen molar-refractivity contribution in [3.8, 4) is 0 Å². The van der Waals surface area contributed by atoms with E-state index in [0.29, 0.717) is 18.0 Å². The maximum atomic E-state index is 5.93. The maximum Gasteiger partial charge on any atom is 0.0406 e. The van der Waals surface area contributed by atoms with Gasteiger partial charge in [0.1, 0.15) is 0 Å². The van der Waals surface area contributed by atoms with Crippen LogP contribution in [0.25, 0.3) is 0 Å². The van der Waals surface area contributed by atoms with Gasteiger partial charge in [0.05, 0.1) is 0 Å². The van der Waals surface area contributed by atoms with Crippen molar-refractivity contribution in [2.75, 3.05) is 0 Å². The molecule has 1 aliphatic rings. The number of hydrogen-bond donors (Lipinski definition) is 1. The predicted octanol–water partition coefficient (Wildman–Crippen LogP) is 4.87. The fraction of sp³-hybridized carbons (Fsp3) is 0.412. The summed E-state index contributed by atoms with van der Waals surface area (Å²) in [6.07, 6.45) is 3.63. The molecule has 0 aliphatic heterocycles. The summed E-state index contributed by atoms with van der Waals surface area (Å²) in [5.41, 5.74) is 1.43. The Morgan fingerprint density at radius 1 is 1.25 bits per heavy atom. The minimum atomic E-state index is 0.560. The van der Waals surface area contributed by atoms with Crippen molar-refractivity contribution in [2.24, 2.45) is 0 Å². The minimum Gasteiger partial charge on any atom is -0.311 e. The molecule has 0 radical (unpaired) electrons. The van der Waals surface area contributed by atoms with Crippen LogP contribution in [0.4, 0.5) is 0 Å². The lowest BCUT2D eigenvalue weighted by atomic mass is 9.75. The third-order valence-corrected chi connectivity index (χ3v) is 5.24. The molecule has 3 heteroatoms. The number of rotatable bonds is 5. The van der Waals surface area contributed by atoms with Crippen LogP contribution in [0, 0.1) is 0 Å². The van der Waals surface area contributed by atoms with Gasteiger partial charge in [0.25, 0.3) is 0 Å². The van der Waals surface area contributed by atoms with Crippen LogP contribution in [-0.4, -0.2) is 12.1 Å². The van der Waals surface area contributed by atoms with Crippen LogP contribution in [-0.2, 0) is 6.42 Å². The van der Waals surface area contributed by atoms with Gasteiger partial charge >= 0.3 is 0 Å². The molecule has 1 atom stereocenters. The molecule has 1 nitrogen and oxygen atoms in total. The fourth-order valence-electron chi connectivity index (χ4n) is 2.95. The smallest absolute Gasteiger partial charge is 0.0406 e. The van der Waals surface area contributed by atoms with E-state index in [1.807, 2.05) is 23.5 Å². The van der Waals surface area contributed by atoms with Crippen molar-refractivity contribution in [1.82, 2.24) is 5.32 Å². The highest BCUT2D eigenvalue weighted by Crippen LogP contribution is 2.37. The van der Waals surface area contributed by atoms with Gasteiger partial charge in [-0.1, -0.05) is 29.8 Å². The highest BCUT2D eigenvalue weighted by molar-refractivity contribution is 7.09. The van der Waals surface area contributed by atoms with Gasteiger partial charge in [-0.25, -0.2) is 0 Å². The van der Waals surface area contributed by atoms with Gasteiger partial charge < -0.3 is 5.32 Å². The molecule has 0 bridgehead atoms. The van der Waals surface area contributed by atoms with Crippen molar-refractivity contribution < 1.29 is 0 Å². The fourth-order valence-corrected chi connectivity index (χ4v) is 3.91. The lowest BCUT2D eigenvalue weighted by molar-refractivity contribution is 0.269. The first-order valence-electron chi connectivity index (χ1n) is 7.24. The van der Waals surface area contributed by atoms with Crippen LogP contribution in [0.15, 0.2) is 41.8 Å². The molecule has 1 aliphatic carbocycles. The summed E-state index contributed by atoms with van der Waals surface area (Å²) < 4.78 is 0. The third kappa shape index (κ3) is 3.43. The highest BCUT2D eigenvalue weighted by atomic mass is 35.5. The molecule has 1 saturated carbocycles. The van der Waals surface area contributed by atoms with E-state index in [-0.39, 0.29) is 0 Å². The molecule has 106 valence electrons. The van der Waals surface area contributed by atoms with Crippen molar-refractivity contribution >= 4 is 22.9 Å². The molecule has 3 rings (SSSR count). The van der Waals surface area contributed by atoms with E-state index in [1.165, 1.54) is 23.3 Å². The van der Waals surface area contributed by atoms with E-state index >= 15 is 0 Å². The molecule has 1 unspecified atom stereocenters. The van der Waals surface area contributed by atoms with Gasteiger partial charge in [-0.15, -0.1) is 11.3 Å². The summed E-state index contributed by atoms with van der Waals surface area (Å²) in [6, 6.07) is 13.9. The van der Waals surface area contributed by atoms with Crippen LogP contribution in [0.1, 0.15) is 36.1 Å². The number of benzene rings is 1.